The minimum atomic E-state index is -3.59. The van der Waals surface area contributed by atoms with Gasteiger partial charge in [-0.05, 0) is 18.0 Å². The number of hydrogen-bond donors (Lipinski definition) is 2. The van der Waals surface area contributed by atoms with Crippen molar-refractivity contribution in [3.05, 3.63) is 17.7 Å². The summed E-state index contributed by atoms with van der Waals surface area (Å²) < 4.78 is 25.3. The van der Waals surface area contributed by atoms with Crippen LogP contribution in [-0.2, 0) is 10.0 Å². The van der Waals surface area contributed by atoms with Gasteiger partial charge in [0.2, 0.25) is 15.3 Å². The summed E-state index contributed by atoms with van der Waals surface area (Å²) in [4.78, 5) is 7.07. The van der Waals surface area contributed by atoms with E-state index in [-0.39, 0.29) is 23.3 Å². The number of rotatable bonds is 5. The average molecular weight is 252 g/mol. The first-order chi connectivity index (χ1) is 7.06. The Bertz CT molecular complexity index is 406. The molecule has 1 aromatic rings. The van der Waals surface area contributed by atoms with Crippen molar-refractivity contribution in [2.75, 3.05) is 13.2 Å². The van der Waals surface area contributed by atoms with Crippen molar-refractivity contribution in [1.29, 1.82) is 0 Å². The number of aliphatic hydroxyl groups excluding tert-OH is 1. The SMILES string of the molecule is O=S(=O)(NCCCO)c1cnc(Cl)nc1. The van der Waals surface area contributed by atoms with Crippen molar-refractivity contribution >= 4 is 21.6 Å². The highest BCUT2D eigenvalue weighted by Crippen LogP contribution is 2.06. The number of nitrogens with zero attached hydrogens (tertiary/aromatic N) is 2. The molecule has 0 aromatic carbocycles. The molecule has 0 saturated carbocycles. The zero-order chi connectivity index (χ0) is 11.3. The molecule has 0 aliphatic carbocycles. The molecule has 0 bridgehead atoms. The largest absolute Gasteiger partial charge is 0.396 e. The predicted octanol–water partition coefficient (Wildman–Crippen LogP) is -0.209. The maximum absolute atomic E-state index is 11.5. The highest BCUT2D eigenvalue weighted by Gasteiger charge is 2.13. The second-order valence-electron chi connectivity index (χ2n) is 2.66. The van der Waals surface area contributed by atoms with E-state index in [1.165, 1.54) is 0 Å². The third-order valence-corrected chi connectivity index (χ3v) is 3.14. The fraction of sp³-hybridized carbons (Fsp3) is 0.429. The van der Waals surface area contributed by atoms with Crippen LogP contribution in [0.4, 0.5) is 0 Å². The van der Waals surface area contributed by atoms with Gasteiger partial charge in [0.1, 0.15) is 4.90 Å². The normalized spacial score (nSPS) is 11.6. The molecular weight excluding hydrogens is 242 g/mol. The molecule has 84 valence electrons. The summed E-state index contributed by atoms with van der Waals surface area (Å²) in [5.74, 6) is 0. The Morgan fingerprint density at radius 3 is 2.53 bits per heavy atom. The van der Waals surface area contributed by atoms with E-state index in [1.54, 1.807) is 0 Å². The average Bonchev–Trinajstić information content (AvgIpc) is 2.18. The molecule has 0 aliphatic heterocycles. The quantitative estimate of drug-likeness (QED) is 0.558. The van der Waals surface area contributed by atoms with Crippen molar-refractivity contribution in [2.24, 2.45) is 0 Å². The van der Waals surface area contributed by atoms with Crippen molar-refractivity contribution in [2.45, 2.75) is 11.3 Å². The second-order valence-corrected chi connectivity index (χ2v) is 4.77. The number of aromatic nitrogens is 2. The van der Waals surface area contributed by atoms with Gasteiger partial charge in [0.15, 0.2) is 0 Å². The standard InChI is InChI=1S/C7H10ClN3O3S/c8-7-9-4-6(5-10-7)15(13,14)11-2-1-3-12/h4-5,11-12H,1-3H2. The van der Waals surface area contributed by atoms with Crippen LogP contribution in [0.15, 0.2) is 17.3 Å². The van der Waals surface area contributed by atoms with Gasteiger partial charge in [-0.25, -0.2) is 23.1 Å². The van der Waals surface area contributed by atoms with Crippen LogP contribution in [0.5, 0.6) is 0 Å². The number of aliphatic hydroxyl groups is 1. The molecule has 0 radical (unpaired) electrons. The van der Waals surface area contributed by atoms with E-state index >= 15 is 0 Å². The molecule has 0 aliphatic rings. The highest BCUT2D eigenvalue weighted by atomic mass is 35.5. The Morgan fingerprint density at radius 2 is 2.00 bits per heavy atom. The molecule has 1 rings (SSSR count). The lowest BCUT2D eigenvalue weighted by molar-refractivity contribution is 0.289. The second kappa shape index (κ2) is 5.36. The predicted molar refractivity (Wildman–Crippen MR) is 53.9 cm³/mol. The molecule has 0 fully saturated rings. The van der Waals surface area contributed by atoms with Crippen LogP contribution in [0.25, 0.3) is 0 Å². The first kappa shape index (κ1) is 12.3. The van der Waals surface area contributed by atoms with Gasteiger partial charge in [-0.2, -0.15) is 0 Å². The van der Waals surface area contributed by atoms with Crippen LogP contribution in [0.2, 0.25) is 5.28 Å². The lowest BCUT2D eigenvalue weighted by Crippen LogP contribution is -2.25. The molecule has 8 heteroatoms. The minimum Gasteiger partial charge on any atom is -0.396 e. The van der Waals surface area contributed by atoms with E-state index in [4.69, 9.17) is 16.7 Å². The van der Waals surface area contributed by atoms with E-state index in [2.05, 4.69) is 14.7 Å². The molecule has 1 heterocycles. The van der Waals surface area contributed by atoms with Crippen molar-refractivity contribution in [1.82, 2.24) is 14.7 Å². The molecule has 15 heavy (non-hydrogen) atoms. The zero-order valence-corrected chi connectivity index (χ0v) is 9.29. The fourth-order valence-electron chi connectivity index (χ4n) is 0.808. The molecule has 0 atom stereocenters. The topological polar surface area (TPSA) is 92.2 Å². The van der Waals surface area contributed by atoms with E-state index in [9.17, 15) is 8.42 Å². The van der Waals surface area contributed by atoms with Gasteiger partial charge in [0.05, 0.1) is 12.4 Å². The summed E-state index contributed by atoms with van der Waals surface area (Å²) in [5.41, 5.74) is 0. The maximum Gasteiger partial charge on any atom is 0.243 e. The van der Waals surface area contributed by atoms with E-state index in [1.807, 2.05) is 0 Å². The van der Waals surface area contributed by atoms with Gasteiger partial charge in [0, 0.05) is 13.2 Å². The van der Waals surface area contributed by atoms with Crippen LogP contribution >= 0.6 is 11.6 Å². The van der Waals surface area contributed by atoms with Crippen LogP contribution < -0.4 is 4.72 Å². The minimum absolute atomic E-state index is 0.00990. The molecule has 0 saturated heterocycles. The summed E-state index contributed by atoms with van der Waals surface area (Å²) >= 11 is 5.42. The number of hydrogen-bond acceptors (Lipinski definition) is 5. The smallest absolute Gasteiger partial charge is 0.243 e. The molecule has 1 aromatic heterocycles. The Labute approximate surface area is 92.4 Å². The van der Waals surface area contributed by atoms with Gasteiger partial charge in [0.25, 0.3) is 0 Å². The molecule has 0 unspecified atom stereocenters. The van der Waals surface area contributed by atoms with Crippen molar-refractivity contribution in [3.8, 4) is 0 Å². The Balaban J connectivity index is 2.73. The summed E-state index contributed by atoms with van der Waals surface area (Å²) in [7, 11) is -3.59. The van der Waals surface area contributed by atoms with E-state index in [0.717, 1.165) is 12.4 Å². The van der Waals surface area contributed by atoms with Crippen molar-refractivity contribution in [3.63, 3.8) is 0 Å². The Hall–Kier alpha value is -0.760. The molecular formula is C7H10ClN3O3S. The lowest BCUT2D eigenvalue weighted by Gasteiger charge is -2.04. The van der Waals surface area contributed by atoms with Gasteiger partial charge in [-0.15, -0.1) is 0 Å². The third kappa shape index (κ3) is 3.71. The molecule has 0 spiro atoms. The first-order valence-corrected chi connectivity index (χ1v) is 6.00. The van der Waals surface area contributed by atoms with Crippen LogP contribution in [0, 0.1) is 0 Å². The molecule has 6 nitrogen and oxygen atoms in total. The van der Waals surface area contributed by atoms with Gasteiger partial charge in [-0.3, -0.25) is 0 Å². The number of sulfonamides is 1. The number of nitrogens with one attached hydrogen (secondary N) is 1. The zero-order valence-electron chi connectivity index (χ0n) is 7.72. The molecule has 2 N–H and O–H groups in total. The van der Waals surface area contributed by atoms with E-state index < -0.39 is 10.0 Å². The Kier molecular flexibility index (Phi) is 4.40. The van der Waals surface area contributed by atoms with Crippen molar-refractivity contribution < 1.29 is 13.5 Å². The summed E-state index contributed by atoms with van der Waals surface area (Å²) in [6, 6.07) is 0. The molecule has 0 amide bonds. The summed E-state index contributed by atoms with van der Waals surface area (Å²) in [6.45, 7) is 0.0983. The monoisotopic (exact) mass is 251 g/mol. The summed E-state index contributed by atoms with van der Waals surface area (Å²) in [5, 5.41) is 8.48. The van der Waals surface area contributed by atoms with Crippen LogP contribution in [0.3, 0.4) is 0 Å². The fourth-order valence-corrected chi connectivity index (χ4v) is 1.87. The van der Waals surface area contributed by atoms with Gasteiger partial charge < -0.3 is 5.11 Å². The maximum atomic E-state index is 11.5. The highest BCUT2D eigenvalue weighted by molar-refractivity contribution is 7.89. The third-order valence-electron chi connectivity index (χ3n) is 1.53. The van der Waals surface area contributed by atoms with Crippen LogP contribution in [0.1, 0.15) is 6.42 Å². The van der Waals surface area contributed by atoms with Gasteiger partial charge in [-0.1, -0.05) is 0 Å². The van der Waals surface area contributed by atoms with E-state index in [0.29, 0.717) is 6.42 Å². The Morgan fingerprint density at radius 1 is 1.40 bits per heavy atom. The van der Waals surface area contributed by atoms with Gasteiger partial charge >= 0.3 is 0 Å². The summed E-state index contributed by atoms with van der Waals surface area (Å²) in [6.07, 6.45) is 2.60. The first-order valence-electron chi connectivity index (χ1n) is 4.14. The lowest BCUT2D eigenvalue weighted by atomic mass is 10.5. The van der Waals surface area contributed by atoms with Crippen LogP contribution in [-0.4, -0.2) is 36.6 Å². The number of halogens is 1.